The summed E-state index contributed by atoms with van der Waals surface area (Å²) in [7, 11) is 3.96. The van der Waals surface area contributed by atoms with Crippen molar-refractivity contribution < 1.29 is 32.6 Å². The molecule has 2 amide bonds. The maximum Gasteiger partial charge on any atom is 0.573 e. The van der Waals surface area contributed by atoms with Gasteiger partial charge in [-0.2, -0.15) is 10.1 Å². The molecule has 0 radical (unpaired) electrons. The number of rotatable bonds is 11. The Balaban J connectivity index is 1.27. The molecule has 3 N–H and O–H groups in total. The number of phenolic OH excluding ortho intramolecular Hbond substituents is 1. The average Bonchev–Trinajstić information content (AvgIpc) is 3.32. The lowest BCUT2D eigenvalue weighted by atomic mass is 10.0. The molecule has 9 nitrogen and oxygen atoms in total. The highest BCUT2D eigenvalue weighted by Crippen LogP contribution is 2.28. The van der Waals surface area contributed by atoms with Crippen LogP contribution >= 0.6 is 0 Å². The van der Waals surface area contributed by atoms with Gasteiger partial charge in [0.15, 0.2) is 0 Å². The molecular formula is C30H32F3N5O4. The lowest BCUT2D eigenvalue weighted by Crippen LogP contribution is -2.37. The molecule has 1 aliphatic heterocycles. The van der Waals surface area contributed by atoms with Gasteiger partial charge >= 0.3 is 6.36 Å². The van der Waals surface area contributed by atoms with Crippen LogP contribution in [0.3, 0.4) is 0 Å². The van der Waals surface area contributed by atoms with Crippen LogP contribution in [0.2, 0.25) is 0 Å². The van der Waals surface area contributed by atoms with Crippen molar-refractivity contribution in [2.75, 3.05) is 29.3 Å². The van der Waals surface area contributed by atoms with E-state index < -0.39 is 23.9 Å². The normalized spacial score (nSPS) is 13.9. The third-order valence-electron chi connectivity index (χ3n) is 6.57. The fourth-order valence-electron chi connectivity index (χ4n) is 4.33. The van der Waals surface area contributed by atoms with E-state index in [1.807, 2.05) is 56.3 Å². The predicted octanol–water partition coefficient (Wildman–Crippen LogP) is 5.20. The molecular weight excluding hydrogens is 551 g/mol. The van der Waals surface area contributed by atoms with Gasteiger partial charge in [-0.3, -0.25) is 9.59 Å². The maximum absolute atomic E-state index is 12.7. The second kappa shape index (κ2) is 12.8. The Hall–Kier alpha value is -4.74. The molecule has 222 valence electrons. The number of hydrogen-bond donors (Lipinski definition) is 3. The van der Waals surface area contributed by atoms with Crippen LogP contribution in [0, 0.1) is 0 Å². The smallest absolute Gasteiger partial charge is 0.506 e. The van der Waals surface area contributed by atoms with Gasteiger partial charge < -0.3 is 25.4 Å². The number of benzene rings is 3. The van der Waals surface area contributed by atoms with E-state index in [0.717, 1.165) is 34.0 Å². The predicted molar refractivity (Wildman–Crippen MR) is 155 cm³/mol. The molecule has 0 saturated carbocycles. The molecule has 4 rings (SSSR count). The molecule has 1 heterocycles. The number of nitrogens with one attached hydrogen (secondary N) is 2. The first-order valence-corrected chi connectivity index (χ1v) is 13.3. The van der Waals surface area contributed by atoms with Crippen molar-refractivity contribution in [3.63, 3.8) is 0 Å². The quantitative estimate of drug-likeness (QED) is 0.268. The number of hydrazone groups is 1. The van der Waals surface area contributed by atoms with Crippen molar-refractivity contribution in [1.82, 2.24) is 5.32 Å². The van der Waals surface area contributed by atoms with E-state index in [0.29, 0.717) is 25.1 Å². The standard InChI is InChI=1S/C30H32F3N5O4/c1-19(7-8-20-9-14-25(27(39)16-20)34-18-21-5-4-6-23(15-21)37(2)3)35-29(41)26-17-28(40)38(36-26)22-10-12-24(13-11-22)42-30(31,32)33/h4-6,9-16,19,34,39H,7-8,17-18H2,1-3H3,(H,35,41)/t19-/m0/s1. The zero-order valence-corrected chi connectivity index (χ0v) is 23.4. The zero-order valence-electron chi connectivity index (χ0n) is 23.4. The van der Waals surface area contributed by atoms with Crippen molar-refractivity contribution in [3.05, 3.63) is 77.9 Å². The number of carbonyl (C=O) groups is 2. The Morgan fingerprint density at radius 2 is 1.83 bits per heavy atom. The molecule has 1 atom stereocenters. The van der Waals surface area contributed by atoms with Gasteiger partial charge in [0, 0.05) is 32.4 Å². The average molecular weight is 584 g/mol. The number of aromatic hydroxyl groups is 1. The SMILES string of the molecule is C[C@@H](CCc1ccc(NCc2cccc(N(C)C)c2)c(O)c1)NC(=O)C1=NN(c2ccc(OC(F)(F)F)cc2)C(=O)C1. The van der Waals surface area contributed by atoms with E-state index >= 15 is 0 Å². The van der Waals surface area contributed by atoms with Gasteiger partial charge in [0.2, 0.25) is 0 Å². The second-order valence-corrected chi connectivity index (χ2v) is 10.2. The summed E-state index contributed by atoms with van der Waals surface area (Å²) in [6, 6.07) is 17.9. The van der Waals surface area contributed by atoms with Crippen LogP contribution in [-0.2, 0) is 22.6 Å². The van der Waals surface area contributed by atoms with Gasteiger partial charge in [0.25, 0.3) is 11.8 Å². The minimum absolute atomic E-state index is 0.00617. The van der Waals surface area contributed by atoms with Gasteiger partial charge in [-0.15, -0.1) is 13.2 Å². The fraction of sp³-hybridized carbons (Fsp3) is 0.300. The maximum atomic E-state index is 12.7. The Labute approximate surface area is 241 Å². The summed E-state index contributed by atoms with van der Waals surface area (Å²) < 4.78 is 41.0. The summed E-state index contributed by atoms with van der Waals surface area (Å²) in [5, 5.41) is 21.7. The zero-order chi connectivity index (χ0) is 30.4. The highest BCUT2D eigenvalue weighted by molar-refractivity contribution is 6.44. The first-order chi connectivity index (χ1) is 19.9. The number of aryl methyl sites for hydroxylation is 1. The number of carbonyl (C=O) groups excluding carboxylic acids is 2. The minimum Gasteiger partial charge on any atom is -0.506 e. The lowest BCUT2D eigenvalue weighted by molar-refractivity contribution is -0.274. The highest BCUT2D eigenvalue weighted by atomic mass is 19.4. The topological polar surface area (TPSA) is 106 Å². The van der Waals surface area contributed by atoms with Crippen LogP contribution in [0.15, 0.2) is 71.8 Å². The summed E-state index contributed by atoms with van der Waals surface area (Å²) in [5.74, 6) is -1.29. The third-order valence-corrected chi connectivity index (χ3v) is 6.57. The largest absolute Gasteiger partial charge is 0.573 e. The van der Waals surface area contributed by atoms with E-state index in [1.54, 1.807) is 6.07 Å². The molecule has 42 heavy (non-hydrogen) atoms. The van der Waals surface area contributed by atoms with Gasteiger partial charge in [0.05, 0.1) is 17.8 Å². The number of halogens is 3. The van der Waals surface area contributed by atoms with Gasteiger partial charge in [-0.1, -0.05) is 18.2 Å². The molecule has 0 bridgehead atoms. The Kier molecular flexibility index (Phi) is 9.24. The summed E-state index contributed by atoms with van der Waals surface area (Å²) in [4.78, 5) is 27.2. The van der Waals surface area contributed by atoms with Crippen LogP contribution in [0.25, 0.3) is 0 Å². The first-order valence-electron chi connectivity index (χ1n) is 13.3. The van der Waals surface area contributed by atoms with Crippen molar-refractivity contribution in [3.8, 4) is 11.5 Å². The lowest BCUT2D eigenvalue weighted by Gasteiger charge is -2.15. The molecule has 1 aliphatic rings. The Bertz CT molecular complexity index is 1460. The second-order valence-electron chi connectivity index (χ2n) is 10.2. The number of amides is 2. The van der Waals surface area contributed by atoms with Crippen LogP contribution in [-0.4, -0.2) is 49.1 Å². The van der Waals surface area contributed by atoms with Crippen LogP contribution < -0.4 is 25.3 Å². The molecule has 3 aromatic carbocycles. The highest BCUT2D eigenvalue weighted by Gasteiger charge is 2.32. The molecule has 12 heteroatoms. The molecule has 0 aliphatic carbocycles. The van der Waals surface area contributed by atoms with Gasteiger partial charge in [-0.05, 0) is 79.4 Å². The molecule has 3 aromatic rings. The molecule has 0 aromatic heterocycles. The summed E-state index contributed by atoms with van der Waals surface area (Å²) in [6.45, 7) is 2.38. The fourth-order valence-corrected chi connectivity index (χ4v) is 4.33. The van der Waals surface area contributed by atoms with Crippen molar-refractivity contribution >= 4 is 34.6 Å². The number of alkyl halides is 3. The van der Waals surface area contributed by atoms with E-state index in [1.165, 1.54) is 12.1 Å². The van der Waals surface area contributed by atoms with Gasteiger partial charge in [0.1, 0.15) is 17.2 Å². The summed E-state index contributed by atoms with van der Waals surface area (Å²) in [6.07, 6.45) is -3.91. The number of ether oxygens (including phenoxy) is 1. The van der Waals surface area contributed by atoms with Crippen LogP contribution in [0.1, 0.15) is 30.9 Å². The summed E-state index contributed by atoms with van der Waals surface area (Å²) >= 11 is 0. The Morgan fingerprint density at radius 3 is 2.50 bits per heavy atom. The number of hydrogen-bond acceptors (Lipinski definition) is 7. The third kappa shape index (κ3) is 8.15. The van der Waals surface area contributed by atoms with Crippen molar-refractivity contribution in [2.24, 2.45) is 5.10 Å². The molecule has 0 fully saturated rings. The van der Waals surface area contributed by atoms with Crippen molar-refractivity contribution in [1.29, 1.82) is 0 Å². The molecule has 0 unspecified atom stereocenters. The van der Waals surface area contributed by atoms with E-state index in [4.69, 9.17) is 0 Å². The number of nitrogens with zero attached hydrogens (tertiary/aromatic N) is 3. The first kappa shape index (κ1) is 30.2. The molecule has 0 saturated heterocycles. The molecule has 0 spiro atoms. The van der Waals surface area contributed by atoms with E-state index in [-0.39, 0.29) is 29.6 Å². The number of anilines is 3. The van der Waals surface area contributed by atoms with Crippen LogP contribution in [0.4, 0.5) is 30.2 Å². The van der Waals surface area contributed by atoms with Crippen LogP contribution in [0.5, 0.6) is 11.5 Å². The number of phenols is 1. The minimum atomic E-state index is -4.83. The monoisotopic (exact) mass is 583 g/mol. The summed E-state index contributed by atoms with van der Waals surface area (Å²) in [5.41, 5.74) is 3.90. The Morgan fingerprint density at radius 1 is 1.10 bits per heavy atom. The van der Waals surface area contributed by atoms with E-state index in [9.17, 15) is 27.9 Å². The van der Waals surface area contributed by atoms with Crippen molar-refractivity contribution in [2.45, 2.75) is 45.1 Å². The van der Waals surface area contributed by atoms with Gasteiger partial charge in [-0.25, -0.2) is 0 Å². The van der Waals surface area contributed by atoms with E-state index in [2.05, 4.69) is 26.5 Å².